The number of rotatable bonds is 2. The van der Waals surface area contributed by atoms with Crippen LogP contribution in [0.3, 0.4) is 0 Å². The zero-order chi connectivity index (χ0) is 15.1. The van der Waals surface area contributed by atoms with Crippen molar-refractivity contribution < 1.29 is 4.79 Å². The van der Waals surface area contributed by atoms with Crippen LogP contribution in [0.25, 0.3) is 11.0 Å². The van der Waals surface area contributed by atoms with Crippen LogP contribution in [0.15, 0.2) is 18.2 Å². The van der Waals surface area contributed by atoms with Crippen LogP contribution in [0.4, 0.5) is 0 Å². The molecule has 0 aliphatic rings. The Bertz CT molecular complexity index is 711. The van der Waals surface area contributed by atoms with Gasteiger partial charge in [0.15, 0.2) is 4.77 Å². The summed E-state index contributed by atoms with van der Waals surface area (Å²) in [6.45, 7) is 7.64. The number of hydrogen-bond acceptors (Lipinski definition) is 2. The van der Waals surface area contributed by atoms with Crippen LogP contribution < -0.4 is 5.32 Å². The molecule has 0 bridgehead atoms. The van der Waals surface area contributed by atoms with Gasteiger partial charge >= 0.3 is 0 Å². The number of fused-ring (bicyclic) bond motifs is 1. The number of halogens is 1. The molecule has 0 radical (unpaired) electrons. The summed E-state index contributed by atoms with van der Waals surface area (Å²) >= 11 is 11.6. The number of H-pyrrole nitrogens is 1. The highest BCUT2D eigenvalue weighted by molar-refractivity contribution is 7.71. The van der Waals surface area contributed by atoms with E-state index in [0.717, 1.165) is 11.0 Å². The summed E-state index contributed by atoms with van der Waals surface area (Å²) in [5.74, 6) is -0.0885. The third kappa shape index (κ3) is 2.88. The van der Waals surface area contributed by atoms with Crippen molar-refractivity contribution in [3.8, 4) is 0 Å². The van der Waals surface area contributed by atoms with Crippen LogP contribution >= 0.6 is 23.8 Å². The molecule has 0 saturated heterocycles. The van der Waals surface area contributed by atoms with E-state index in [4.69, 9.17) is 23.8 Å². The number of benzene rings is 1. The van der Waals surface area contributed by atoms with Crippen molar-refractivity contribution in [3.05, 3.63) is 28.0 Å². The molecule has 2 aromatic rings. The summed E-state index contributed by atoms with van der Waals surface area (Å²) in [6.07, 6.45) is 0. The minimum atomic E-state index is -0.435. The third-order valence-corrected chi connectivity index (χ3v) is 3.56. The summed E-state index contributed by atoms with van der Waals surface area (Å²) in [7, 11) is 0. The van der Waals surface area contributed by atoms with Crippen LogP contribution in [0, 0.1) is 4.77 Å². The van der Waals surface area contributed by atoms with Crippen molar-refractivity contribution in [3.63, 3.8) is 0 Å². The first-order chi connectivity index (χ1) is 9.20. The number of nitrogens with zero attached hydrogens (tertiary/aromatic N) is 1. The molecule has 0 fully saturated rings. The Balaban J connectivity index is 2.50. The second-order valence-corrected chi connectivity index (χ2v) is 6.65. The van der Waals surface area contributed by atoms with Crippen LogP contribution in [0.2, 0.25) is 5.02 Å². The molecule has 1 amide bonds. The number of imidazole rings is 1. The number of para-hydroxylation sites is 1. The topological polar surface area (TPSA) is 49.8 Å². The Labute approximate surface area is 128 Å². The molecule has 0 aliphatic carbocycles. The maximum absolute atomic E-state index is 12.3. The number of carbonyl (C=O) groups excluding carboxylic acids is 1. The fourth-order valence-electron chi connectivity index (χ4n) is 2.10. The molecular formula is C14H18ClN3OS. The molecule has 20 heavy (non-hydrogen) atoms. The predicted octanol–water partition coefficient (Wildman–Crippen LogP) is 3.83. The highest BCUT2D eigenvalue weighted by Crippen LogP contribution is 2.26. The highest BCUT2D eigenvalue weighted by Gasteiger charge is 2.23. The van der Waals surface area contributed by atoms with Gasteiger partial charge in [-0.1, -0.05) is 17.7 Å². The highest BCUT2D eigenvalue weighted by atomic mass is 35.5. The monoisotopic (exact) mass is 311 g/mol. The lowest BCUT2D eigenvalue weighted by Crippen LogP contribution is -2.43. The number of amides is 1. The first-order valence-electron chi connectivity index (χ1n) is 6.41. The van der Waals surface area contributed by atoms with Crippen molar-refractivity contribution in [1.82, 2.24) is 14.9 Å². The summed E-state index contributed by atoms with van der Waals surface area (Å²) in [5.41, 5.74) is 1.30. The molecule has 6 heteroatoms. The Morgan fingerprint density at radius 2 is 2.10 bits per heavy atom. The van der Waals surface area contributed by atoms with E-state index in [1.54, 1.807) is 10.6 Å². The minimum absolute atomic E-state index is 0.0885. The molecule has 1 aromatic carbocycles. The van der Waals surface area contributed by atoms with Gasteiger partial charge in [-0.3, -0.25) is 4.79 Å². The van der Waals surface area contributed by atoms with Gasteiger partial charge in [0, 0.05) is 5.54 Å². The average molecular weight is 312 g/mol. The van der Waals surface area contributed by atoms with Crippen LogP contribution in [0.5, 0.6) is 0 Å². The van der Waals surface area contributed by atoms with Crippen molar-refractivity contribution in [2.75, 3.05) is 0 Å². The molecule has 1 aromatic heterocycles. The molecule has 108 valence electrons. The number of aromatic nitrogens is 2. The molecule has 4 nitrogen and oxygen atoms in total. The molecule has 0 spiro atoms. The van der Waals surface area contributed by atoms with E-state index in [1.165, 1.54) is 0 Å². The Hall–Kier alpha value is -1.33. The van der Waals surface area contributed by atoms with Crippen molar-refractivity contribution >= 4 is 40.8 Å². The van der Waals surface area contributed by atoms with Gasteiger partial charge in [0.05, 0.1) is 16.1 Å². The lowest BCUT2D eigenvalue weighted by molar-refractivity contribution is -0.125. The van der Waals surface area contributed by atoms with Crippen LogP contribution in [0.1, 0.15) is 33.7 Å². The number of aromatic amines is 1. The van der Waals surface area contributed by atoms with Gasteiger partial charge in [-0.05, 0) is 52.0 Å². The van der Waals surface area contributed by atoms with Gasteiger partial charge in [0.1, 0.15) is 6.04 Å². The first-order valence-corrected chi connectivity index (χ1v) is 7.20. The Morgan fingerprint density at radius 1 is 1.45 bits per heavy atom. The molecule has 2 rings (SSSR count). The molecule has 0 saturated carbocycles. The van der Waals surface area contributed by atoms with Gasteiger partial charge in [0.25, 0.3) is 0 Å². The normalized spacial score (nSPS) is 13.4. The van der Waals surface area contributed by atoms with E-state index < -0.39 is 6.04 Å². The van der Waals surface area contributed by atoms with Crippen molar-refractivity contribution in [2.45, 2.75) is 39.3 Å². The molecule has 0 aliphatic heterocycles. The quantitative estimate of drug-likeness (QED) is 0.828. The fourth-order valence-corrected chi connectivity index (χ4v) is 2.72. The summed E-state index contributed by atoms with van der Waals surface area (Å²) in [6, 6.07) is 5.09. The standard InChI is InChI=1S/C14H18ClN3OS/c1-8(12(19)17-14(2,3)4)18-11-9(15)6-5-7-10(11)16-13(18)20/h5-8H,1-4H3,(H,16,20)(H,17,19). The molecule has 2 N–H and O–H groups in total. The maximum atomic E-state index is 12.3. The van der Waals surface area contributed by atoms with E-state index in [9.17, 15) is 4.79 Å². The molecule has 1 heterocycles. The van der Waals surface area contributed by atoms with Crippen LogP contribution in [-0.4, -0.2) is 21.0 Å². The largest absolute Gasteiger partial charge is 0.350 e. The first kappa shape index (κ1) is 15.1. The molecule has 1 atom stereocenters. The van der Waals surface area contributed by atoms with Gasteiger partial charge in [-0.15, -0.1) is 0 Å². The second-order valence-electron chi connectivity index (χ2n) is 5.85. The van der Waals surface area contributed by atoms with Gasteiger partial charge in [-0.2, -0.15) is 0 Å². The van der Waals surface area contributed by atoms with Crippen LogP contribution in [-0.2, 0) is 4.79 Å². The van der Waals surface area contributed by atoms with E-state index in [-0.39, 0.29) is 11.4 Å². The van der Waals surface area contributed by atoms with Gasteiger partial charge in [0.2, 0.25) is 5.91 Å². The summed E-state index contributed by atoms with van der Waals surface area (Å²) < 4.78 is 2.25. The zero-order valence-corrected chi connectivity index (χ0v) is 13.5. The Kier molecular flexibility index (Phi) is 3.93. The Morgan fingerprint density at radius 3 is 2.70 bits per heavy atom. The lowest BCUT2D eigenvalue weighted by Gasteiger charge is -2.24. The molecular weight excluding hydrogens is 294 g/mol. The van der Waals surface area contributed by atoms with E-state index in [2.05, 4.69) is 10.3 Å². The SMILES string of the molecule is CC(C(=O)NC(C)(C)C)n1c(=S)[nH]c2cccc(Cl)c21. The lowest BCUT2D eigenvalue weighted by atomic mass is 10.1. The smallest absolute Gasteiger partial charge is 0.243 e. The predicted molar refractivity (Wildman–Crippen MR) is 84.7 cm³/mol. The summed E-state index contributed by atoms with van der Waals surface area (Å²) in [4.78, 5) is 15.4. The fraction of sp³-hybridized carbons (Fsp3) is 0.429. The van der Waals surface area contributed by atoms with E-state index >= 15 is 0 Å². The van der Waals surface area contributed by atoms with Crippen molar-refractivity contribution in [1.29, 1.82) is 0 Å². The maximum Gasteiger partial charge on any atom is 0.243 e. The van der Waals surface area contributed by atoms with E-state index in [1.807, 2.05) is 39.8 Å². The average Bonchev–Trinajstić information content (AvgIpc) is 2.63. The minimum Gasteiger partial charge on any atom is -0.350 e. The zero-order valence-electron chi connectivity index (χ0n) is 12.0. The van der Waals surface area contributed by atoms with E-state index in [0.29, 0.717) is 9.79 Å². The summed E-state index contributed by atoms with van der Waals surface area (Å²) in [5, 5.41) is 3.53. The van der Waals surface area contributed by atoms with Crippen molar-refractivity contribution in [2.24, 2.45) is 0 Å². The number of hydrogen-bond donors (Lipinski definition) is 2. The number of nitrogens with one attached hydrogen (secondary N) is 2. The second kappa shape index (κ2) is 5.22. The third-order valence-electron chi connectivity index (χ3n) is 2.95. The van der Waals surface area contributed by atoms with Gasteiger partial charge < -0.3 is 14.9 Å². The van der Waals surface area contributed by atoms with Gasteiger partial charge in [-0.25, -0.2) is 0 Å². The molecule has 1 unspecified atom stereocenters. The number of carbonyl (C=O) groups is 1.